The molecule has 1 aromatic heterocycles. The number of aromatic nitrogens is 3. The van der Waals surface area contributed by atoms with Gasteiger partial charge >= 0.3 is 0 Å². The molecule has 1 saturated heterocycles. The Morgan fingerprint density at radius 1 is 1.19 bits per heavy atom. The first-order chi connectivity index (χ1) is 10.2. The van der Waals surface area contributed by atoms with Crippen molar-refractivity contribution in [2.45, 2.75) is 57.8 Å². The maximum Gasteiger partial charge on any atom is 0.241 e. The highest BCUT2D eigenvalue weighted by Gasteiger charge is 2.43. The molecule has 0 radical (unpaired) electrons. The van der Waals surface area contributed by atoms with Gasteiger partial charge in [-0.25, -0.2) is 5.43 Å². The number of carbonyl (C=O) groups excluding carboxylic acids is 1. The van der Waals surface area contributed by atoms with Crippen molar-refractivity contribution in [3.8, 4) is 0 Å². The van der Waals surface area contributed by atoms with E-state index in [1.165, 1.54) is 19.3 Å². The Balaban J connectivity index is 1.48. The largest absolute Gasteiger partial charge is 0.332 e. The van der Waals surface area contributed by atoms with E-state index >= 15 is 0 Å². The van der Waals surface area contributed by atoms with E-state index in [1.54, 1.807) is 0 Å². The number of aryl methyl sites for hydroxylation is 1. The molecular formula is C14H22N6O. The van der Waals surface area contributed by atoms with Gasteiger partial charge in [0.2, 0.25) is 5.91 Å². The second-order valence-electron chi connectivity index (χ2n) is 6.40. The topological polar surface area (TPSA) is 75.1 Å². The summed E-state index contributed by atoms with van der Waals surface area (Å²) < 4.78 is 2.10. The van der Waals surface area contributed by atoms with Crippen molar-refractivity contribution in [3.05, 3.63) is 11.6 Å². The molecule has 3 aliphatic rings. The van der Waals surface area contributed by atoms with Crippen molar-refractivity contribution >= 4 is 5.91 Å². The van der Waals surface area contributed by atoms with Crippen LogP contribution in [0.3, 0.4) is 0 Å². The second-order valence-corrected chi connectivity index (χ2v) is 6.40. The van der Waals surface area contributed by atoms with Gasteiger partial charge in [0.1, 0.15) is 11.9 Å². The van der Waals surface area contributed by atoms with Crippen LogP contribution in [0.15, 0.2) is 0 Å². The maximum absolute atomic E-state index is 12.8. The molecule has 1 aliphatic carbocycles. The van der Waals surface area contributed by atoms with Gasteiger partial charge < -0.3 is 9.47 Å². The molecule has 2 N–H and O–H groups in total. The highest BCUT2D eigenvalue weighted by Crippen LogP contribution is 2.31. The number of amides is 1. The molecule has 0 bridgehead atoms. The van der Waals surface area contributed by atoms with Crippen molar-refractivity contribution in [3.63, 3.8) is 0 Å². The van der Waals surface area contributed by atoms with Gasteiger partial charge in [0.25, 0.3) is 0 Å². The van der Waals surface area contributed by atoms with Crippen LogP contribution in [0.1, 0.15) is 37.3 Å². The standard InChI is InChI=1S/C14H22N6O/c1-9-15-17-12-8-19(6-7-20(9)12)14(21)13-10-4-2-3-5-11(10)16-18-13/h10-11,13,16,18H,2-8H2,1H3. The fourth-order valence-electron chi connectivity index (χ4n) is 3.97. The lowest BCUT2D eigenvalue weighted by Crippen LogP contribution is -2.50. The van der Waals surface area contributed by atoms with Gasteiger partial charge in [-0.2, -0.15) is 0 Å². The number of hydrogen-bond acceptors (Lipinski definition) is 5. The first-order valence-corrected chi connectivity index (χ1v) is 7.92. The van der Waals surface area contributed by atoms with Crippen LogP contribution in [-0.2, 0) is 17.9 Å². The van der Waals surface area contributed by atoms with Gasteiger partial charge in [-0.05, 0) is 19.8 Å². The minimum Gasteiger partial charge on any atom is -0.332 e. The summed E-state index contributed by atoms with van der Waals surface area (Å²) in [6.07, 6.45) is 4.82. The summed E-state index contributed by atoms with van der Waals surface area (Å²) in [4.78, 5) is 14.8. The molecule has 2 aliphatic heterocycles. The van der Waals surface area contributed by atoms with Crippen LogP contribution >= 0.6 is 0 Å². The minimum absolute atomic E-state index is 0.0779. The van der Waals surface area contributed by atoms with Crippen molar-refractivity contribution in [2.75, 3.05) is 6.54 Å². The number of nitrogens with one attached hydrogen (secondary N) is 2. The molecular weight excluding hydrogens is 268 g/mol. The quantitative estimate of drug-likeness (QED) is 0.759. The summed E-state index contributed by atoms with van der Waals surface area (Å²) in [7, 11) is 0. The first-order valence-electron chi connectivity index (χ1n) is 7.92. The first kappa shape index (κ1) is 13.2. The number of rotatable bonds is 1. The number of hydrogen-bond donors (Lipinski definition) is 2. The molecule has 114 valence electrons. The zero-order valence-electron chi connectivity index (χ0n) is 12.4. The van der Waals surface area contributed by atoms with Gasteiger partial charge in [0, 0.05) is 25.0 Å². The van der Waals surface area contributed by atoms with Crippen LogP contribution < -0.4 is 10.9 Å². The average Bonchev–Trinajstić information content (AvgIpc) is 3.10. The van der Waals surface area contributed by atoms with Crippen LogP contribution in [0.25, 0.3) is 0 Å². The van der Waals surface area contributed by atoms with E-state index in [4.69, 9.17) is 0 Å². The van der Waals surface area contributed by atoms with E-state index in [9.17, 15) is 4.79 Å². The Hall–Kier alpha value is -1.47. The van der Waals surface area contributed by atoms with Gasteiger partial charge in [-0.1, -0.05) is 12.8 Å². The number of hydrazine groups is 1. The van der Waals surface area contributed by atoms with Crippen molar-refractivity contribution in [1.82, 2.24) is 30.5 Å². The molecule has 0 aromatic carbocycles. The molecule has 7 nitrogen and oxygen atoms in total. The highest BCUT2D eigenvalue weighted by atomic mass is 16.2. The maximum atomic E-state index is 12.8. The predicted molar refractivity (Wildman–Crippen MR) is 76.0 cm³/mol. The number of nitrogens with zero attached hydrogens (tertiary/aromatic N) is 4. The van der Waals surface area contributed by atoms with E-state index in [-0.39, 0.29) is 11.9 Å². The smallest absolute Gasteiger partial charge is 0.241 e. The molecule has 3 unspecified atom stereocenters. The fourth-order valence-corrected chi connectivity index (χ4v) is 3.97. The van der Waals surface area contributed by atoms with Gasteiger partial charge in [0.05, 0.1) is 6.54 Å². The van der Waals surface area contributed by atoms with E-state index in [1.807, 2.05) is 11.8 Å². The molecule has 2 fully saturated rings. The summed E-state index contributed by atoms with van der Waals surface area (Å²) in [5, 5.41) is 8.28. The van der Waals surface area contributed by atoms with Gasteiger partial charge in [0.15, 0.2) is 5.82 Å². The Labute approximate surface area is 124 Å². The van der Waals surface area contributed by atoms with Crippen molar-refractivity contribution in [1.29, 1.82) is 0 Å². The van der Waals surface area contributed by atoms with E-state index in [2.05, 4.69) is 25.6 Å². The summed E-state index contributed by atoms with van der Waals surface area (Å²) in [5.41, 5.74) is 6.56. The Bertz CT molecular complexity index is 556. The molecule has 4 rings (SSSR count). The van der Waals surface area contributed by atoms with Crippen LogP contribution in [0.5, 0.6) is 0 Å². The SMILES string of the molecule is Cc1nnc2n1CCN(C(=O)C1NNC3CCCCC31)C2. The van der Waals surface area contributed by atoms with E-state index in [0.29, 0.717) is 18.5 Å². The van der Waals surface area contributed by atoms with Crippen LogP contribution in [-0.4, -0.2) is 44.2 Å². The fraction of sp³-hybridized carbons (Fsp3) is 0.786. The zero-order chi connectivity index (χ0) is 14.4. The van der Waals surface area contributed by atoms with Crippen molar-refractivity contribution < 1.29 is 4.79 Å². The lowest BCUT2D eigenvalue weighted by molar-refractivity contribution is -0.136. The lowest BCUT2D eigenvalue weighted by Gasteiger charge is -2.32. The molecule has 1 saturated carbocycles. The van der Waals surface area contributed by atoms with Gasteiger partial charge in [-0.3, -0.25) is 10.2 Å². The molecule has 3 heterocycles. The minimum atomic E-state index is -0.0779. The third-order valence-corrected chi connectivity index (χ3v) is 5.19. The van der Waals surface area contributed by atoms with Crippen LogP contribution in [0, 0.1) is 12.8 Å². The van der Waals surface area contributed by atoms with Crippen LogP contribution in [0.2, 0.25) is 0 Å². The molecule has 0 spiro atoms. The molecule has 1 amide bonds. The molecule has 7 heteroatoms. The van der Waals surface area contributed by atoms with Crippen molar-refractivity contribution in [2.24, 2.45) is 5.92 Å². The van der Waals surface area contributed by atoms with E-state index in [0.717, 1.165) is 31.2 Å². The second kappa shape index (κ2) is 5.06. The number of fused-ring (bicyclic) bond motifs is 2. The Kier molecular flexibility index (Phi) is 3.19. The lowest BCUT2D eigenvalue weighted by atomic mass is 9.81. The monoisotopic (exact) mass is 290 g/mol. The predicted octanol–water partition coefficient (Wildman–Crippen LogP) is -0.0361. The highest BCUT2D eigenvalue weighted by molar-refractivity contribution is 5.82. The number of carbonyl (C=O) groups is 1. The normalized spacial score (nSPS) is 31.9. The van der Waals surface area contributed by atoms with Gasteiger partial charge in [-0.15, -0.1) is 10.2 Å². The third kappa shape index (κ3) is 2.15. The molecule has 1 aromatic rings. The summed E-state index contributed by atoms with van der Waals surface area (Å²) >= 11 is 0. The third-order valence-electron chi connectivity index (χ3n) is 5.19. The summed E-state index contributed by atoms with van der Waals surface area (Å²) in [6.45, 7) is 4.09. The summed E-state index contributed by atoms with van der Waals surface area (Å²) in [5.74, 6) is 2.49. The van der Waals surface area contributed by atoms with E-state index < -0.39 is 0 Å². The molecule has 3 atom stereocenters. The zero-order valence-corrected chi connectivity index (χ0v) is 12.4. The Morgan fingerprint density at radius 3 is 2.95 bits per heavy atom. The summed E-state index contributed by atoms with van der Waals surface area (Å²) in [6, 6.07) is 0.384. The average molecular weight is 290 g/mol. The Morgan fingerprint density at radius 2 is 2.05 bits per heavy atom. The van der Waals surface area contributed by atoms with Crippen LogP contribution in [0.4, 0.5) is 0 Å². The molecule has 21 heavy (non-hydrogen) atoms.